The number of nitrogens with zero attached hydrogens (tertiary/aromatic N) is 2. The molecule has 0 radical (unpaired) electrons. The lowest BCUT2D eigenvalue weighted by Gasteiger charge is -2.12. The van der Waals surface area contributed by atoms with E-state index in [0.717, 1.165) is 17.3 Å². The summed E-state index contributed by atoms with van der Waals surface area (Å²) in [6.45, 7) is 1.34. The summed E-state index contributed by atoms with van der Waals surface area (Å²) in [5.41, 5.74) is 2.20. The van der Waals surface area contributed by atoms with E-state index in [1.54, 1.807) is 6.20 Å². The van der Waals surface area contributed by atoms with Crippen LogP contribution in [-0.2, 0) is 13.1 Å². The molecule has 22 heavy (non-hydrogen) atoms. The third kappa shape index (κ3) is 3.40. The Morgan fingerprint density at radius 1 is 1.27 bits per heavy atom. The van der Waals surface area contributed by atoms with E-state index in [2.05, 4.69) is 25.3 Å². The highest BCUT2D eigenvalue weighted by molar-refractivity contribution is 6.32. The highest BCUT2D eigenvalue weighted by Gasteiger charge is 2.32. The van der Waals surface area contributed by atoms with Crippen molar-refractivity contribution in [1.29, 1.82) is 0 Å². The van der Waals surface area contributed by atoms with Crippen molar-refractivity contribution in [3.8, 4) is 5.75 Å². The zero-order valence-corrected chi connectivity index (χ0v) is 11.8. The van der Waals surface area contributed by atoms with E-state index in [9.17, 15) is 13.2 Å². The van der Waals surface area contributed by atoms with Gasteiger partial charge >= 0.3 is 6.36 Å². The van der Waals surface area contributed by atoms with Crippen LogP contribution in [0.4, 0.5) is 24.8 Å². The van der Waals surface area contributed by atoms with Gasteiger partial charge in [-0.3, -0.25) is 0 Å². The highest BCUT2D eigenvalue weighted by Crippen LogP contribution is 2.33. The van der Waals surface area contributed by atoms with Crippen LogP contribution in [0.1, 0.15) is 11.3 Å². The molecule has 3 rings (SSSR count). The molecule has 0 saturated heterocycles. The van der Waals surface area contributed by atoms with Crippen LogP contribution in [0.25, 0.3) is 0 Å². The summed E-state index contributed by atoms with van der Waals surface area (Å²) in [5, 5.41) is 5.82. The van der Waals surface area contributed by atoms with Crippen molar-refractivity contribution >= 4 is 23.2 Å². The van der Waals surface area contributed by atoms with E-state index in [-0.39, 0.29) is 5.02 Å². The molecule has 0 aliphatic carbocycles. The number of alkyl halides is 3. The Labute approximate surface area is 128 Å². The second-order valence-corrected chi connectivity index (χ2v) is 4.99. The number of rotatable bonds is 3. The Morgan fingerprint density at radius 2 is 2.09 bits per heavy atom. The number of fused-ring (bicyclic) bond motifs is 1. The molecule has 0 bridgehead atoms. The van der Waals surface area contributed by atoms with E-state index in [1.807, 2.05) is 0 Å². The Morgan fingerprint density at radius 3 is 2.86 bits per heavy atom. The summed E-state index contributed by atoms with van der Waals surface area (Å²) in [5.74, 6) is -0.190. The van der Waals surface area contributed by atoms with E-state index < -0.39 is 12.1 Å². The maximum Gasteiger partial charge on any atom is 0.573 e. The van der Waals surface area contributed by atoms with Crippen molar-refractivity contribution in [3.63, 3.8) is 0 Å². The monoisotopic (exact) mass is 330 g/mol. The van der Waals surface area contributed by atoms with Crippen molar-refractivity contribution in [2.45, 2.75) is 19.5 Å². The molecule has 116 valence electrons. The van der Waals surface area contributed by atoms with Gasteiger partial charge in [-0.15, -0.1) is 13.2 Å². The van der Waals surface area contributed by atoms with Crippen LogP contribution in [0.3, 0.4) is 0 Å². The molecule has 2 heterocycles. The standard InChI is InChI=1S/C13H10ClF3N4O/c14-9-2-1-8(3-11(9)22-13(15,16)17)20-12-19-5-7-4-18-6-10(7)21-12/h1-3,5,18H,4,6H2,(H,19,20,21). The van der Waals surface area contributed by atoms with Gasteiger partial charge in [0.1, 0.15) is 5.75 Å². The summed E-state index contributed by atoms with van der Waals surface area (Å²) < 4.78 is 40.8. The van der Waals surface area contributed by atoms with E-state index in [0.29, 0.717) is 24.7 Å². The molecule has 9 heteroatoms. The summed E-state index contributed by atoms with van der Waals surface area (Å²) in [4.78, 5) is 8.41. The third-order valence-corrected chi connectivity index (χ3v) is 3.29. The van der Waals surface area contributed by atoms with Crippen LogP contribution in [0.2, 0.25) is 5.02 Å². The normalized spacial score (nSPS) is 13.8. The van der Waals surface area contributed by atoms with Crippen LogP contribution >= 0.6 is 11.6 Å². The fourth-order valence-corrected chi connectivity index (χ4v) is 2.19. The molecule has 5 nitrogen and oxygen atoms in total. The predicted octanol–water partition coefficient (Wildman–Crippen LogP) is 3.38. The quantitative estimate of drug-likeness (QED) is 0.903. The minimum Gasteiger partial charge on any atom is -0.404 e. The molecule has 0 fully saturated rings. The fraction of sp³-hybridized carbons (Fsp3) is 0.231. The molecule has 0 amide bonds. The first-order valence-electron chi connectivity index (χ1n) is 6.28. The molecular formula is C13H10ClF3N4O. The second kappa shape index (κ2) is 5.62. The van der Waals surface area contributed by atoms with Crippen LogP contribution in [-0.4, -0.2) is 16.3 Å². The Kier molecular flexibility index (Phi) is 3.79. The van der Waals surface area contributed by atoms with Crippen LogP contribution in [0, 0.1) is 0 Å². The number of hydrogen-bond donors (Lipinski definition) is 2. The maximum atomic E-state index is 12.3. The van der Waals surface area contributed by atoms with E-state index >= 15 is 0 Å². The zero-order chi connectivity index (χ0) is 15.7. The lowest BCUT2D eigenvalue weighted by atomic mass is 10.3. The molecule has 1 aliphatic heterocycles. The molecule has 0 saturated carbocycles. The fourth-order valence-electron chi connectivity index (χ4n) is 2.03. The largest absolute Gasteiger partial charge is 0.573 e. The minimum atomic E-state index is -4.81. The van der Waals surface area contributed by atoms with Crippen molar-refractivity contribution in [2.24, 2.45) is 0 Å². The van der Waals surface area contributed by atoms with Gasteiger partial charge in [-0.2, -0.15) is 0 Å². The first kappa shape index (κ1) is 14.9. The summed E-state index contributed by atoms with van der Waals surface area (Å²) in [6, 6.07) is 3.96. The van der Waals surface area contributed by atoms with Crippen molar-refractivity contribution in [1.82, 2.24) is 15.3 Å². The number of nitrogens with one attached hydrogen (secondary N) is 2. The topological polar surface area (TPSA) is 59.1 Å². The first-order chi connectivity index (χ1) is 10.4. The van der Waals surface area contributed by atoms with Gasteiger partial charge < -0.3 is 15.4 Å². The highest BCUT2D eigenvalue weighted by atomic mass is 35.5. The van der Waals surface area contributed by atoms with Gasteiger partial charge in [-0.1, -0.05) is 11.6 Å². The van der Waals surface area contributed by atoms with Crippen molar-refractivity contribution < 1.29 is 17.9 Å². The molecule has 1 aliphatic rings. The molecule has 0 spiro atoms. The number of halogens is 4. The lowest BCUT2D eigenvalue weighted by molar-refractivity contribution is -0.274. The first-order valence-corrected chi connectivity index (χ1v) is 6.66. The Bertz CT molecular complexity index is 708. The third-order valence-electron chi connectivity index (χ3n) is 2.98. The van der Waals surface area contributed by atoms with Gasteiger partial charge in [-0.05, 0) is 12.1 Å². The number of hydrogen-bond acceptors (Lipinski definition) is 5. The SMILES string of the molecule is FC(F)(F)Oc1cc(Nc2ncc3c(n2)CNC3)ccc1Cl. The van der Waals surface area contributed by atoms with Crippen LogP contribution in [0.15, 0.2) is 24.4 Å². The van der Waals surface area contributed by atoms with Gasteiger partial charge in [-0.25, -0.2) is 9.97 Å². The van der Waals surface area contributed by atoms with E-state index in [1.165, 1.54) is 12.1 Å². The smallest absolute Gasteiger partial charge is 0.404 e. The Balaban J connectivity index is 1.82. The Hall–Kier alpha value is -2.06. The minimum absolute atomic E-state index is 0.137. The van der Waals surface area contributed by atoms with Crippen LogP contribution in [0.5, 0.6) is 5.75 Å². The zero-order valence-electron chi connectivity index (χ0n) is 11.0. The molecule has 0 atom stereocenters. The van der Waals surface area contributed by atoms with Gasteiger partial charge in [0.2, 0.25) is 5.95 Å². The van der Waals surface area contributed by atoms with Gasteiger partial charge in [0.15, 0.2) is 0 Å². The number of ether oxygens (including phenoxy) is 1. The summed E-state index contributed by atoms with van der Waals surface area (Å²) in [7, 11) is 0. The van der Waals surface area contributed by atoms with Gasteiger partial charge in [0.05, 0.1) is 10.7 Å². The average molecular weight is 331 g/mol. The lowest BCUT2D eigenvalue weighted by Crippen LogP contribution is -2.17. The van der Waals surface area contributed by atoms with Crippen molar-refractivity contribution in [3.05, 3.63) is 40.7 Å². The summed E-state index contributed by atoms with van der Waals surface area (Å²) >= 11 is 5.69. The van der Waals surface area contributed by atoms with Crippen molar-refractivity contribution in [2.75, 3.05) is 5.32 Å². The maximum absolute atomic E-state index is 12.3. The average Bonchev–Trinajstić information content (AvgIpc) is 2.88. The summed E-state index contributed by atoms with van der Waals surface area (Å²) in [6.07, 6.45) is -3.13. The molecular weight excluding hydrogens is 321 g/mol. The molecule has 0 unspecified atom stereocenters. The molecule has 1 aromatic heterocycles. The van der Waals surface area contributed by atoms with E-state index in [4.69, 9.17) is 11.6 Å². The molecule has 1 aromatic carbocycles. The van der Waals surface area contributed by atoms with Gasteiger partial charge in [0.25, 0.3) is 0 Å². The number of anilines is 2. The van der Waals surface area contributed by atoms with Crippen LogP contribution < -0.4 is 15.4 Å². The predicted molar refractivity (Wildman–Crippen MR) is 74.0 cm³/mol. The second-order valence-electron chi connectivity index (χ2n) is 4.59. The number of aromatic nitrogens is 2. The molecule has 2 aromatic rings. The number of benzene rings is 1. The molecule has 2 N–H and O–H groups in total. The van der Waals surface area contributed by atoms with Gasteiger partial charge in [0, 0.05) is 36.6 Å².